The Balaban J connectivity index is 1.91. The van der Waals surface area contributed by atoms with Crippen LogP contribution in [0.4, 0.5) is 0 Å². The molecule has 0 unspecified atom stereocenters. The Hall–Kier alpha value is -2.42. The summed E-state index contributed by atoms with van der Waals surface area (Å²) in [5, 5.41) is 0.537. The number of halogens is 1. The van der Waals surface area contributed by atoms with Crippen molar-refractivity contribution in [3.05, 3.63) is 58.9 Å². The molecular formula is C20H22ClN3O4S. The van der Waals surface area contributed by atoms with Crippen molar-refractivity contribution in [3.8, 4) is 0 Å². The minimum Gasteiger partial charge on any atom is -0.454 e. The van der Waals surface area contributed by atoms with Gasteiger partial charge >= 0.3 is 5.97 Å². The summed E-state index contributed by atoms with van der Waals surface area (Å²) in [6, 6.07) is 11.3. The van der Waals surface area contributed by atoms with E-state index >= 15 is 0 Å². The van der Waals surface area contributed by atoms with Gasteiger partial charge < -0.3 is 9.30 Å². The van der Waals surface area contributed by atoms with Crippen molar-refractivity contribution in [3.63, 3.8) is 0 Å². The summed E-state index contributed by atoms with van der Waals surface area (Å²) in [4.78, 5) is 17.0. The topological polar surface area (TPSA) is 81.5 Å². The van der Waals surface area contributed by atoms with Crippen molar-refractivity contribution in [2.45, 2.75) is 31.4 Å². The van der Waals surface area contributed by atoms with Crippen molar-refractivity contribution in [2.75, 3.05) is 14.1 Å². The smallest absolute Gasteiger partial charge is 0.338 e. The number of carbonyl (C=O) groups excluding carboxylic acids is 1. The van der Waals surface area contributed by atoms with Gasteiger partial charge in [-0.05, 0) is 48.9 Å². The Morgan fingerprint density at radius 3 is 2.48 bits per heavy atom. The van der Waals surface area contributed by atoms with Crippen molar-refractivity contribution < 1.29 is 17.9 Å². The molecule has 0 aliphatic rings. The second kappa shape index (κ2) is 8.52. The molecule has 0 atom stereocenters. The number of imidazole rings is 1. The maximum Gasteiger partial charge on any atom is 0.338 e. The largest absolute Gasteiger partial charge is 0.454 e. The second-order valence-corrected chi connectivity index (χ2v) is 9.29. The highest BCUT2D eigenvalue weighted by molar-refractivity contribution is 7.89. The zero-order valence-electron chi connectivity index (χ0n) is 16.4. The predicted molar refractivity (Wildman–Crippen MR) is 111 cm³/mol. The van der Waals surface area contributed by atoms with Crippen LogP contribution in [0.15, 0.2) is 47.4 Å². The number of hydrogen-bond acceptors (Lipinski definition) is 5. The van der Waals surface area contributed by atoms with E-state index in [4.69, 9.17) is 16.3 Å². The van der Waals surface area contributed by atoms with Crippen LogP contribution in [-0.4, -0.2) is 42.3 Å². The molecule has 2 aromatic carbocycles. The summed E-state index contributed by atoms with van der Waals surface area (Å²) < 4.78 is 33.3. The summed E-state index contributed by atoms with van der Waals surface area (Å²) in [5.41, 5.74) is 1.73. The lowest BCUT2D eigenvalue weighted by atomic mass is 10.2. The second-order valence-electron chi connectivity index (χ2n) is 6.70. The number of esters is 1. The first-order valence-corrected chi connectivity index (χ1v) is 10.9. The van der Waals surface area contributed by atoms with E-state index in [0.717, 1.165) is 16.2 Å². The van der Waals surface area contributed by atoms with Crippen molar-refractivity contribution >= 4 is 38.6 Å². The normalized spacial score (nSPS) is 11.9. The Bertz CT molecular complexity index is 1140. The molecule has 0 spiro atoms. The first-order chi connectivity index (χ1) is 13.7. The zero-order chi connectivity index (χ0) is 21.2. The summed E-state index contributed by atoms with van der Waals surface area (Å²) in [6.07, 6.45) is 0.849. The average molecular weight is 436 g/mol. The summed E-state index contributed by atoms with van der Waals surface area (Å²) in [5.74, 6) is 0.0798. The monoisotopic (exact) mass is 435 g/mol. The molecule has 29 heavy (non-hydrogen) atoms. The van der Waals surface area contributed by atoms with Crippen LogP contribution in [0.5, 0.6) is 0 Å². The highest BCUT2D eigenvalue weighted by atomic mass is 35.5. The molecule has 154 valence electrons. The maximum absolute atomic E-state index is 12.4. The standard InChI is InChI=1S/C20H22ClN3O4S/c1-4-11-24-18-10-9-16(29(26,27)23(2)3)12-17(18)22-19(24)13-28-20(25)14-5-7-15(21)8-6-14/h5-10,12H,4,11,13H2,1-3H3. The number of benzene rings is 2. The molecule has 3 rings (SSSR count). The number of nitrogens with zero attached hydrogens (tertiary/aromatic N) is 3. The van der Waals surface area contributed by atoms with Gasteiger partial charge in [0.25, 0.3) is 0 Å². The minimum absolute atomic E-state index is 0.0219. The van der Waals surface area contributed by atoms with Crippen LogP contribution in [0.25, 0.3) is 11.0 Å². The highest BCUT2D eigenvalue weighted by Crippen LogP contribution is 2.23. The Labute approximate surface area is 174 Å². The van der Waals surface area contributed by atoms with E-state index in [-0.39, 0.29) is 11.5 Å². The van der Waals surface area contributed by atoms with Gasteiger partial charge in [0.1, 0.15) is 12.4 Å². The SMILES string of the molecule is CCCn1c(COC(=O)c2ccc(Cl)cc2)nc2cc(S(=O)(=O)N(C)C)ccc21. The molecule has 7 nitrogen and oxygen atoms in total. The number of sulfonamides is 1. The first-order valence-electron chi connectivity index (χ1n) is 9.08. The number of aromatic nitrogens is 2. The number of hydrogen-bond donors (Lipinski definition) is 0. The lowest BCUT2D eigenvalue weighted by Gasteiger charge is -2.11. The molecule has 9 heteroatoms. The zero-order valence-corrected chi connectivity index (χ0v) is 18.0. The molecule has 0 aliphatic carbocycles. The summed E-state index contributed by atoms with van der Waals surface area (Å²) >= 11 is 5.84. The Kier molecular flexibility index (Phi) is 6.26. The van der Waals surface area contributed by atoms with Crippen LogP contribution in [0.1, 0.15) is 29.5 Å². The van der Waals surface area contributed by atoms with Crippen LogP contribution in [-0.2, 0) is 27.9 Å². The molecule has 1 aromatic heterocycles. The van der Waals surface area contributed by atoms with Gasteiger partial charge in [0.15, 0.2) is 0 Å². The van der Waals surface area contributed by atoms with Crippen LogP contribution in [0, 0.1) is 0 Å². The third-order valence-corrected chi connectivity index (χ3v) is 6.50. The minimum atomic E-state index is -3.56. The Morgan fingerprint density at radius 2 is 1.86 bits per heavy atom. The molecule has 0 aliphatic heterocycles. The predicted octanol–water partition coefficient (Wildman–Crippen LogP) is 3.71. The van der Waals surface area contributed by atoms with Crippen LogP contribution < -0.4 is 0 Å². The Morgan fingerprint density at radius 1 is 1.17 bits per heavy atom. The summed E-state index contributed by atoms with van der Waals surface area (Å²) in [7, 11) is -0.596. The molecule has 0 amide bonds. The highest BCUT2D eigenvalue weighted by Gasteiger charge is 2.20. The van der Waals surface area contributed by atoms with Crippen LogP contribution >= 0.6 is 11.6 Å². The molecular weight excluding hydrogens is 414 g/mol. The lowest BCUT2D eigenvalue weighted by molar-refractivity contribution is 0.0458. The van der Waals surface area contributed by atoms with E-state index in [1.54, 1.807) is 42.5 Å². The van der Waals surface area contributed by atoms with E-state index in [1.807, 2.05) is 11.5 Å². The molecule has 1 heterocycles. The van der Waals surface area contributed by atoms with Crippen molar-refractivity contribution in [2.24, 2.45) is 0 Å². The van der Waals surface area contributed by atoms with E-state index in [9.17, 15) is 13.2 Å². The fourth-order valence-corrected chi connectivity index (χ4v) is 3.96. The molecule has 0 N–H and O–H groups in total. The number of aryl methyl sites for hydroxylation is 1. The van der Waals surface area contributed by atoms with Gasteiger partial charge in [-0.25, -0.2) is 22.5 Å². The first kappa shape index (κ1) is 21.3. The lowest BCUT2D eigenvalue weighted by Crippen LogP contribution is -2.22. The van der Waals surface area contributed by atoms with Crippen LogP contribution in [0.3, 0.4) is 0 Å². The molecule has 0 fully saturated rings. The van der Waals surface area contributed by atoms with E-state index in [0.29, 0.717) is 28.5 Å². The molecule has 0 radical (unpaired) electrons. The summed E-state index contributed by atoms with van der Waals surface area (Å²) in [6.45, 7) is 2.68. The fourth-order valence-electron chi connectivity index (χ4n) is 2.91. The molecule has 0 bridgehead atoms. The van der Waals surface area contributed by atoms with Gasteiger partial charge in [0.2, 0.25) is 10.0 Å². The van der Waals surface area contributed by atoms with Crippen molar-refractivity contribution in [1.82, 2.24) is 13.9 Å². The van der Waals surface area contributed by atoms with Gasteiger partial charge in [-0.1, -0.05) is 18.5 Å². The third-order valence-electron chi connectivity index (χ3n) is 4.44. The maximum atomic E-state index is 12.4. The van der Waals surface area contributed by atoms with E-state index < -0.39 is 16.0 Å². The average Bonchev–Trinajstić information content (AvgIpc) is 3.03. The van der Waals surface area contributed by atoms with Gasteiger partial charge in [-0.2, -0.15) is 0 Å². The number of carbonyl (C=O) groups is 1. The number of fused-ring (bicyclic) bond motifs is 1. The van der Waals surface area contributed by atoms with Crippen molar-refractivity contribution in [1.29, 1.82) is 0 Å². The fraction of sp³-hybridized carbons (Fsp3) is 0.300. The van der Waals surface area contributed by atoms with Gasteiger partial charge in [0.05, 0.1) is 21.5 Å². The van der Waals surface area contributed by atoms with Gasteiger partial charge in [-0.15, -0.1) is 0 Å². The number of ether oxygens (including phenoxy) is 1. The van der Waals surface area contributed by atoms with Gasteiger partial charge in [0, 0.05) is 25.7 Å². The van der Waals surface area contributed by atoms with E-state index in [2.05, 4.69) is 4.98 Å². The molecule has 0 saturated heterocycles. The quantitative estimate of drug-likeness (QED) is 0.528. The molecule has 3 aromatic rings. The van der Waals surface area contributed by atoms with Crippen LogP contribution in [0.2, 0.25) is 5.02 Å². The van der Waals surface area contributed by atoms with Gasteiger partial charge in [-0.3, -0.25) is 0 Å². The van der Waals surface area contributed by atoms with E-state index in [1.165, 1.54) is 14.1 Å². The molecule has 0 saturated carbocycles. The number of rotatable bonds is 7. The third kappa shape index (κ3) is 4.44.